The van der Waals surface area contributed by atoms with Crippen LogP contribution in [0.4, 0.5) is 5.69 Å². The van der Waals surface area contributed by atoms with Crippen molar-refractivity contribution in [3.05, 3.63) is 125 Å². The molecule has 0 spiro atoms. The number of amides is 3. The van der Waals surface area contributed by atoms with E-state index in [0.29, 0.717) is 11.3 Å². The van der Waals surface area contributed by atoms with Gasteiger partial charge in [-0.05, 0) is 72.8 Å². The highest BCUT2D eigenvalue weighted by atomic mass is 16.6. The number of carbonyl (C=O) groups is 6. The average molecular weight is 656 g/mol. The first-order chi connectivity index (χ1) is 23.1. The van der Waals surface area contributed by atoms with E-state index in [4.69, 9.17) is 18.9 Å². The quantitative estimate of drug-likeness (QED) is 0.129. The Morgan fingerprint density at radius 2 is 1.06 bits per heavy atom. The number of hydrazine groups is 1. The molecule has 4 aromatic carbocycles. The van der Waals surface area contributed by atoms with Gasteiger partial charge in [-0.15, -0.1) is 0 Å². The van der Waals surface area contributed by atoms with Gasteiger partial charge in [0.05, 0.1) is 25.3 Å². The molecule has 2 atom stereocenters. The Bertz CT molecular complexity index is 1810. The van der Waals surface area contributed by atoms with Gasteiger partial charge in [-0.3, -0.25) is 25.2 Å². The lowest BCUT2D eigenvalue weighted by Crippen LogP contribution is -2.54. The van der Waals surface area contributed by atoms with Gasteiger partial charge in [0.1, 0.15) is 11.5 Å². The molecule has 0 aliphatic rings. The molecule has 48 heavy (non-hydrogen) atoms. The third kappa shape index (κ3) is 8.94. The van der Waals surface area contributed by atoms with Crippen LogP contribution in [0.1, 0.15) is 41.4 Å². The number of aliphatic carboxylic acids is 1. The third-order valence-corrected chi connectivity index (χ3v) is 6.60. The molecular formula is C34H29N3O11. The van der Waals surface area contributed by atoms with Crippen LogP contribution in [-0.2, 0) is 19.1 Å². The highest BCUT2D eigenvalue weighted by Gasteiger charge is 2.41. The van der Waals surface area contributed by atoms with Crippen molar-refractivity contribution in [2.45, 2.75) is 12.2 Å². The van der Waals surface area contributed by atoms with Gasteiger partial charge in [-0.25, -0.2) is 14.4 Å². The summed E-state index contributed by atoms with van der Waals surface area (Å²) in [5, 5.41) is 12.6. The molecular weight excluding hydrogens is 626 g/mol. The molecule has 4 rings (SSSR count). The first-order valence-electron chi connectivity index (χ1n) is 14.1. The summed E-state index contributed by atoms with van der Waals surface area (Å²) in [5.41, 5.74) is 4.74. The number of hydrogen-bond acceptors (Lipinski definition) is 10. The van der Waals surface area contributed by atoms with Crippen LogP contribution in [0.3, 0.4) is 0 Å². The van der Waals surface area contributed by atoms with Gasteiger partial charge >= 0.3 is 17.9 Å². The number of anilines is 1. The lowest BCUT2D eigenvalue weighted by atomic mass is 10.1. The number of hydrogen-bond donors (Lipinski definition) is 4. The molecule has 0 aromatic heterocycles. The lowest BCUT2D eigenvalue weighted by Gasteiger charge is -2.23. The minimum atomic E-state index is -2.36. The summed E-state index contributed by atoms with van der Waals surface area (Å²) < 4.78 is 20.5. The Balaban J connectivity index is 1.50. The summed E-state index contributed by atoms with van der Waals surface area (Å²) in [6.07, 6.45) is -4.64. The second kappa shape index (κ2) is 16.0. The molecule has 0 unspecified atom stereocenters. The van der Waals surface area contributed by atoms with Crippen molar-refractivity contribution in [1.82, 2.24) is 10.9 Å². The average Bonchev–Trinajstić information content (AvgIpc) is 3.12. The second-order valence-electron chi connectivity index (χ2n) is 9.79. The van der Waals surface area contributed by atoms with Crippen molar-refractivity contribution < 1.29 is 52.8 Å². The Kier molecular flexibility index (Phi) is 11.4. The van der Waals surface area contributed by atoms with Crippen molar-refractivity contribution >= 4 is 41.3 Å². The zero-order valence-electron chi connectivity index (χ0n) is 25.5. The topological polar surface area (TPSA) is 196 Å². The third-order valence-electron chi connectivity index (χ3n) is 6.60. The number of carboxylic acid groups (broad SMARTS) is 1. The van der Waals surface area contributed by atoms with Crippen molar-refractivity contribution in [2.24, 2.45) is 0 Å². The zero-order chi connectivity index (χ0) is 34.6. The summed E-state index contributed by atoms with van der Waals surface area (Å²) in [6, 6.07) is 25.3. The zero-order valence-corrected chi connectivity index (χ0v) is 25.5. The fourth-order valence-electron chi connectivity index (χ4n) is 4.12. The minimum absolute atomic E-state index is 0.0390. The summed E-state index contributed by atoms with van der Waals surface area (Å²) in [5.74, 6) is -6.16. The van der Waals surface area contributed by atoms with E-state index in [0.717, 1.165) is 0 Å². The highest BCUT2D eigenvalue weighted by molar-refractivity contribution is 6.04. The Hall–Kier alpha value is -6.70. The summed E-state index contributed by atoms with van der Waals surface area (Å²) >= 11 is 0. The molecule has 0 saturated carbocycles. The van der Waals surface area contributed by atoms with Crippen LogP contribution < -0.4 is 25.6 Å². The fourth-order valence-corrected chi connectivity index (χ4v) is 4.12. The fraction of sp³-hybridized carbons (Fsp3) is 0.118. The number of rotatable bonds is 12. The van der Waals surface area contributed by atoms with Crippen LogP contribution >= 0.6 is 0 Å². The van der Waals surface area contributed by atoms with Gasteiger partial charge in [0.25, 0.3) is 17.7 Å². The van der Waals surface area contributed by atoms with E-state index in [1.807, 2.05) is 5.43 Å². The van der Waals surface area contributed by atoms with Crippen LogP contribution in [0.5, 0.6) is 11.5 Å². The lowest BCUT2D eigenvalue weighted by molar-refractivity contribution is -0.159. The summed E-state index contributed by atoms with van der Waals surface area (Å²) in [7, 11) is 2.71. The minimum Gasteiger partial charge on any atom is -0.497 e. The second-order valence-corrected chi connectivity index (χ2v) is 9.79. The molecule has 0 saturated heterocycles. The SMILES string of the molecule is COc1cccc(C(=O)O[C@@H](C(=O)O)[C@@H](OC(=O)c2cccc(OC)c2)C(=O)NNC(=O)c2ccc(NC(=O)c3ccccc3)cc2)c1. The van der Waals surface area contributed by atoms with Crippen molar-refractivity contribution in [3.63, 3.8) is 0 Å². The number of nitrogens with one attached hydrogen (secondary N) is 3. The number of methoxy groups -OCH3 is 2. The van der Waals surface area contributed by atoms with Gasteiger partial charge < -0.3 is 29.4 Å². The monoisotopic (exact) mass is 655 g/mol. The summed E-state index contributed by atoms with van der Waals surface area (Å²) in [6.45, 7) is 0. The Morgan fingerprint density at radius 1 is 0.562 bits per heavy atom. The van der Waals surface area contributed by atoms with Crippen molar-refractivity contribution in [1.29, 1.82) is 0 Å². The molecule has 4 aromatic rings. The van der Waals surface area contributed by atoms with E-state index in [9.17, 15) is 33.9 Å². The summed E-state index contributed by atoms with van der Waals surface area (Å²) in [4.78, 5) is 76.7. The molecule has 14 nitrogen and oxygen atoms in total. The Labute approximate surface area is 273 Å². The number of carbonyl (C=O) groups excluding carboxylic acids is 5. The number of ether oxygens (including phenoxy) is 4. The standard InChI is InChI=1S/C34H29N3O11/c1-45-25-12-6-10-22(18-25)33(43)47-27(28(32(41)42)48-34(44)23-11-7-13-26(19-23)46-2)31(40)37-36-30(39)21-14-16-24(17-15-21)35-29(38)20-8-4-3-5-9-20/h3-19,27-28H,1-2H3,(H,35,38)(H,36,39)(H,37,40)(H,41,42)/t27-,28-/m1/s1. The van der Waals surface area contributed by atoms with Crippen LogP contribution in [0.15, 0.2) is 103 Å². The van der Waals surface area contributed by atoms with E-state index < -0.39 is 41.9 Å². The first-order valence-corrected chi connectivity index (χ1v) is 14.1. The smallest absolute Gasteiger partial charge is 0.349 e. The largest absolute Gasteiger partial charge is 0.497 e. The molecule has 4 N–H and O–H groups in total. The van der Waals surface area contributed by atoms with Crippen molar-refractivity contribution in [2.75, 3.05) is 19.5 Å². The van der Waals surface area contributed by atoms with Gasteiger partial charge in [0, 0.05) is 16.8 Å². The van der Waals surface area contributed by atoms with Crippen LogP contribution in [0, 0.1) is 0 Å². The normalized spacial score (nSPS) is 11.5. The van der Waals surface area contributed by atoms with Gasteiger partial charge in [-0.2, -0.15) is 0 Å². The molecule has 0 radical (unpaired) electrons. The molecule has 0 aliphatic heterocycles. The van der Waals surface area contributed by atoms with Crippen molar-refractivity contribution in [3.8, 4) is 11.5 Å². The number of esters is 2. The molecule has 0 fully saturated rings. The maximum absolute atomic E-state index is 13.3. The Morgan fingerprint density at radius 3 is 1.58 bits per heavy atom. The predicted octanol–water partition coefficient (Wildman–Crippen LogP) is 3.25. The maximum Gasteiger partial charge on any atom is 0.349 e. The molecule has 0 aliphatic carbocycles. The predicted molar refractivity (Wildman–Crippen MR) is 168 cm³/mol. The van der Waals surface area contributed by atoms with E-state index >= 15 is 0 Å². The molecule has 14 heteroatoms. The van der Waals surface area contributed by atoms with E-state index in [1.165, 1.54) is 87.0 Å². The number of benzene rings is 4. The molecule has 246 valence electrons. The highest BCUT2D eigenvalue weighted by Crippen LogP contribution is 2.19. The van der Waals surface area contributed by atoms with Crippen LogP contribution in [-0.4, -0.2) is 67.2 Å². The van der Waals surface area contributed by atoms with Gasteiger partial charge in [0.2, 0.25) is 12.2 Å². The maximum atomic E-state index is 13.3. The van der Waals surface area contributed by atoms with Crippen LogP contribution in [0.2, 0.25) is 0 Å². The first kappa shape index (κ1) is 34.2. The molecule has 0 bridgehead atoms. The molecule has 0 heterocycles. The van der Waals surface area contributed by atoms with E-state index in [2.05, 4.69) is 10.7 Å². The van der Waals surface area contributed by atoms with Gasteiger partial charge in [0.15, 0.2) is 0 Å². The number of carboxylic acids is 1. The van der Waals surface area contributed by atoms with E-state index in [1.54, 1.807) is 30.3 Å². The van der Waals surface area contributed by atoms with E-state index in [-0.39, 0.29) is 34.1 Å². The van der Waals surface area contributed by atoms with Gasteiger partial charge in [-0.1, -0.05) is 30.3 Å². The van der Waals surface area contributed by atoms with Crippen LogP contribution in [0.25, 0.3) is 0 Å². The molecule has 3 amide bonds.